The van der Waals surface area contributed by atoms with Gasteiger partial charge in [-0.15, -0.1) is 0 Å². The third kappa shape index (κ3) is 3.08. The molecule has 7 nitrogen and oxygen atoms in total. The summed E-state index contributed by atoms with van der Waals surface area (Å²) in [6.07, 6.45) is 6.59. The quantitative estimate of drug-likeness (QED) is 0.571. The minimum atomic E-state index is -0.818. The first-order valence-electron chi connectivity index (χ1n) is 11.1. The zero-order valence-electron chi connectivity index (χ0n) is 17.8. The molecule has 6 rings (SSSR count). The number of carbonyl (C=O) groups is 1. The fraction of sp³-hybridized carbons (Fsp3) is 0.542. The molecular formula is C24H28N6O. The summed E-state index contributed by atoms with van der Waals surface area (Å²) in [5, 5.41) is 9.57. The second-order valence-corrected chi connectivity index (χ2v) is 10.0. The van der Waals surface area contributed by atoms with Crippen LogP contribution >= 0.6 is 0 Å². The van der Waals surface area contributed by atoms with Gasteiger partial charge in [0.25, 0.3) is 0 Å². The van der Waals surface area contributed by atoms with Crippen LogP contribution in [0.25, 0.3) is 11.0 Å². The smallest absolute Gasteiger partial charge is 0.223 e. The van der Waals surface area contributed by atoms with Crippen LogP contribution in [0.5, 0.6) is 0 Å². The number of fused-ring (bicyclic) bond motifs is 1. The lowest BCUT2D eigenvalue weighted by Crippen LogP contribution is -2.57. The zero-order chi connectivity index (χ0) is 21.8. The third-order valence-electron chi connectivity index (χ3n) is 8.05. The molecule has 0 spiro atoms. The highest BCUT2D eigenvalue weighted by Crippen LogP contribution is 2.60. The SMILES string of the molecule is CC(CC#N)(C(N)=NC1C2CC3CC1CC(C(N)=O)(C3)C2)c1cnc2ccccc2n1. The molecule has 3 unspecified atom stereocenters. The minimum Gasteiger partial charge on any atom is -0.387 e. The summed E-state index contributed by atoms with van der Waals surface area (Å²) in [5.41, 5.74) is 13.5. The molecule has 3 atom stereocenters. The van der Waals surface area contributed by atoms with Crippen LogP contribution in [0.15, 0.2) is 35.5 Å². The van der Waals surface area contributed by atoms with Crippen LogP contribution in [0.3, 0.4) is 0 Å². The lowest BCUT2D eigenvalue weighted by Gasteiger charge is -2.57. The number of carbonyl (C=O) groups excluding carboxylic acids is 1. The number of rotatable bonds is 5. The number of para-hydroxylation sites is 2. The number of hydrogen-bond acceptors (Lipinski definition) is 5. The maximum Gasteiger partial charge on any atom is 0.223 e. The fourth-order valence-electron chi connectivity index (χ4n) is 6.51. The second kappa shape index (κ2) is 7.01. The molecule has 160 valence electrons. The van der Waals surface area contributed by atoms with E-state index in [2.05, 4.69) is 11.1 Å². The molecule has 4 aliphatic carbocycles. The van der Waals surface area contributed by atoms with Crippen molar-refractivity contribution in [3.05, 3.63) is 36.2 Å². The number of nitrogens with zero attached hydrogens (tertiary/aromatic N) is 4. The van der Waals surface area contributed by atoms with Crippen molar-refractivity contribution in [1.82, 2.24) is 9.97 Å². The van der Waals surface area contributed by atoms with E-state index < -0.39 is 5.41 Å². The number of aromatic nitrogens is 2. The lowest BCUT2D eigenvalue weighted by molar-refractivity contribution is -0.144. The Kier molecular flexibility index (Phi) is 4.51. The predicted molar refractivity (Wildman–Crippen MR) is 118 cm³/mol. The molecule has 4 fully saturated rings. The second-order valence-electron chi connectivity index (χ2n) is 10.0. The highest BCUT2D eigenvalue weighted by atomic mass is 16.1. The largest absolute Gasteiger partial charge is 0.387 e. The number of aliphatic imine (C=N–C) groups is 1. The Morgan fingerprint density at radius 1 is 1.23 bits per heavy atom. The molecular weight excluding hydrogens is 388 g/mol. The minimum absolute atomic E-state index is 0.0791. The number of amides is 1. The van der Waals surface area contributed by atoms with E-state index in [1.807, 2.05) is 31.2 Å². The number of nitriles is 1. The van der Waals surface area contributed by atoms with Crippen LogP contribution in [-0.2, 0) is 10.2 Å². The molecule has 0 saturated heterocycles. The van der Waals surface area contributed by atoms with Gasteiger partial charge in [-0.2, -0.15) is 5.26 Å². The van der Waals surface area contributed by atoms with Gasteiger partial charge in [0.05, 0.1) is 46.9 Å². The Labute approximate surface area is 182 Å². The van der Waals surface area contributed by atoms with Crippen molar-refractivity contribution in [2.45, 2.75) is 56.9 Å². The molecule has 2 aromatic rings. The molecule has 1 aromatic heterocycles. The van der Waals surface area contributed by atoms with Crippen molar-refractivity contribution in [2.75, 3.05) is 0 Å². The first-order chi connectivity index (χ1) is 14.8. The molecule has 4 N–H and O–H groups in total. The summed E-state index contributed by atoms with van der Waals surface area (Å²) in [4.78, 5) is 26.6. The molecule has 7 heteroatoms. The van der Waals surface area contributed by atoms with Crippen LogP contribution in [0.4, 0.5) is 0 Å². The van der Waals surface area contributed by atoms with Crippen LogP contribution in [-0.4, -0.2) is 27.8 Å². The summed E-state index contributed by atoms with van der Waals surface area (Å²) < 4.78 is 0. The summed E-state index contributed by atoms with van der Waals surface area (Å²) in [7, 11) is 0. The molecule has 4 aliphatic rings. The van der Waals surface area contributed by atoms with Crippen molar-refractivity contribution < 1.29 is 4.79 Å². The van der Waals surface area contributed by atoms with Gasteiger partial charge in [-0.3, -0.25) is 14.8 Å². The van der Waals surface area contributed by atoms with Gasteiger partial charge < -0.3 is 11.5 Å². The number of hydrogen-bond donors (Lipinski definition) is 2. The fourth-order valence-corrected chi connectivity index (χ4v) is 6.51. The van der Waals surface area contributed by atoms with Gasteiger partial charge in [0.15, 0.2) is 0 Å². The Morgan fingerprint density at radius 2 is 1.90 bits per heavy atom. The van der Waals surface area contributed by atoms with Gasteiger partial charge in [-0.1, -0.05) is 12.1 Å². The molecule has 4 saturated carbocycles. The van der Waals surface area contributed by atoms with E-state index in [1.165, 1.54) is 0 Å². The van der Waals surface area contributed by atoms with E-state index in [9.17, 15) is 10.1 Å². The molecule has 1 aromatic carbocycles. The van der Waals surface area contributed by atoms with Crippen molar-refractivity contribution >= 4 is 22.8 Å². The topological polar surface area (TPSA) is 131 Å². The Morgan fingerprint density at radius 3 is 2.55 bits per heavy atom. The van der Waals surface area contributed by atoms with E-state index >= 15 is 0 Å². The van der Waals surface area contributed by atoms with Crippen molar-refractivity contribution in [3.8, 4) is 6.07 Å². The van der Waals surface area contributed by atoms with Crippen molar-refractivity contribution in [1.29, 1.82) is 5.26 Å². The van der Waals surface area contributed by atoms with Crippen molar-refractivity contribution in [3.63, 3.8) is 0 Å². The monoisotopic (exact) mass is 416 g/mol. The molecule has 4 bridgehead atoms. The molecule has 0 radical (unpaired) electrons. The normalized spacial score (nSPS) is 33.7. The molecule has 1 heterocycles. The summed E-state index contributed by atoms with van der Waals surface area (Å²) in [6, 6.07) is 10.0. The van der Waals surface area contributed by atoms with Gasteiger partial charge in [0, 0.05) is 5.41 Å². The van der Waals surface area contributed by atoms with Gasteiger partial charge in [0.2, 0.25) is 5.91 Å². The first-order valence-corrected chi connectivity index (χ1v) is 11.1. The zero-order valence-corrected chi connectivity index (χ0v) is 17.8. The molecule has 31 heavy (non-hydrogen) atoms. The first kappa shape index (κ1) is 19.9. The van der Waals surface area contributed by atoms with Gasteiger partial charge in [-0.05, 0) is 68.9 Å². The highest BCUT2D eigenvalue weighted by molar-refractivity contribution is 5.92. The highest BCUT2D eigenvalue weighted by Gasteiger charge is 2.58. The maximum atomic E-state index is 12.2. The molecule has 0 aliphatic heterocycles. The standard InChI is InChI=1S/C24H28N6O/c1-23(6-7-25,19-13-28-17-4-2-3-5-18(17)29-19)21(26)30-20-15-8-14-9-16(20)12-24(10-14,11-15)22(27)31/h2-5,13-16,20H,6,8-12H2,1H3,(H2,26,30)(H2,27,31). The van der Waals surface area contributed by atoms with Crippen LogP contribution in [0.2, 0.25) is 0 Å². The van der Waals surface area contributed by atoms with Crippen molar-refractivity contribution in [2.24, 2.45) is 39.6 Å². The van der Waals surface area contributed by atoms with Gasteiger partial charge >= 0.3 is 0 Å². The van der Waals surface area contributed by atoms with Crippen LogP contribution < -0.4 is 11.5 Å². The average Bonchev–Trinajstić information content (AvgIpc) is 2.75. The third-order valence-corrected chi connectivity index (χ3v) is 8.05. The Bertz CT molecular complexity index is 1100. The molecule has 1 amide bonds. The lowest BCUT2D eigenvalue weighted by atomic mass is 9.47. The van der Waals surface area contributed by atoms with E-state index in [-0.39, 0.29) is 23.8 Å². The average molecular weight is 417 g/mol. The van der Waals surface area contributed by atoms with E-state index in [1.54, 1.807) is 6.20 Å². The number of primary amides is 1. The number of benzene rings is 1. The summed E-state index contributed by atoms with van der Waals surface area (Å²) >= 11 is 0. The maximum absolute atomic E-state index is 12.2. The van der Waals surface area contributed by atoms with E-state index in [0.717, 1.165) is 43.1 Å². The van der Waals surface area contributed by atoms with Gasteiger partial charge in [0.1, 0.15) is 5.84 Å². The summed E-state index contributed by atoms with van der Waals surface area (Å²) in [6.45, 7) is 1.93. The Balaban J connectivity index is 1.50. The van der Waals surface area contributed by atoms with E-state index in [0.29, 0.717) is 29.3 Å². The predicted octanol–water partition coefficient (Wildman–Crippen LogP) is 2.84. The number of nitrogens with two attached hydrogens (primary N) is 2. The van der Waals surface area contributed by atoms with E-state index in [4.69, 9.17) is 21.4 Å². The Hall–Kier alpha value is -3.01. The summed E-state index contributed by atoms with van der Waals surface area (Å²) in [5.74, 6) is 1.50. The number of amidine groups is 1. The van der Waals surface area contributed by atoms with Crippen LogP contribution in [0, 0.1) is 34.5 Å². The van der Waals surface area contributed by atoms with Gasteiger partial charge in [-0.25, -0.2) is 4.98 Å². The van der Waals surface area contributed by atoms with Crippen LogP contribution in [0.1, 0.15) is 51.1 Å².